The van der Waals surface area contributed by atoms with Crippen molar-refractivity contribution in [3.05, 3.63) is 0 Å². The molecule has 0 saturated carbocycles. The van der Waals surface area contributed by atoms with Gasteiger partial charge >= 0.3 is 0 Å². The second kappa shape index (κ2) is 5.12. The monoisotopic (exact) mass is 147 g/mol. The van der Waals surface area contributed by atoms with Crippen LogP contribution < -0.4 is 5.73 Å². The van der Waals surface area contributed by atoms with Crippen LogP contribution in [-0.4, -0.2) is 11.8 Å². The number of thiol groups is 1. The van der Waals surface area contributed by atoms with E-state index in [1.807, 2.05) is 0 Å². The van der Waals surface area contributed by atoms with Gasteiger partial charge in [0.1, 0.15) is 0 Å². The molecule has 0 aliphatic rings. The predicted molar refractivity (Wildman–Crippen MR) is 45.9 cm³/mol. The van der Waals surface area contributed by atoms with E-state index >= 15 is 0 Å². The van der Waals surface area contributed by atoms with E-state index in [2.05, 4.69) is 26.5 Å². The normalized spacial score (nSPS) is 14.3. The summed E-state index contributed by atoms with van der Waals surface area (Å²) in [6, 6.07) is 0.302. The van der Waals surface area contributed by atoms with Crippen LogP contribution in [0.15, 0.2) is 0 Å². The third-order valence-corrected chi connectivity index (χ3v) is 1.82. The van der Waals surface area contributed by atoms with Crippen molar-refractivity contribution >= 4 is 12.6 Å². The van der Waals surface area contributed by atoms with E-state index in [1.165, 1.54) is 6.42 Å². The van der Waals surface area contributed by atoms with Gasteiger partial charge in [0.2, 0.25) is 0 Å². The molecule has 0 rings (SSSR count). The van der Waals surface area contributed by atoms with E-state index in [0.717, 1.165) is 18.1 Å². The van der Waals surface area contributed by atoms with Crippen LogP contribution in [0, 0.1) is 5.92 Å². The van der Waals surface area contributed by atoms with E-state index in [4.69, 9.17) is 5.73 Å². The number of rotatable bonds is 4. The van der Waals surface area contributed by atoms with Gasteiger partial charge in [-0.25, -0.2) is 0 Å². The molecule has 2 N–H and O–H groups in total. The van der Waals surface area contributed by atoms with Crippen LogP contribution in [0.4, 0.5) is 0 Å². The van der Waals surface area contributed by atoms with Crippen molar-refractivity contribution in [2.75, 3.05) is 5.75 Å². The van der Waals surface area contributed by atoms with Crippen LogP contribution in [0.5, 0.6) is 0 Å². The minimum absolute atomic E-state index is 0.302. The Balaban J connectivity index is 3.06. The highest BCUT2D eigenvalue weighted by Gasteiger charge is 2.00. The summed E-state index contributed by atoms with van der Waals surface area (Å²) in [6.45, 7) is 4.43. The molecule has 0 amide bonds. The molecule has 56 valence electrons. The summed E-state index contributed by atoms with van der Waals surface area (Å²) in [5.41, 5.74) is 5.64. The van der Waals surface area contributed by atoms with E-state index < -0.39 is 0 Å². The lowest BCUT2D eigenvalue weighted by Crippen LogP contribution is -2.21. The van der Waals surface area contributed by atoms with Crippen LogP contribution >= 0.6 is 12.6 Å². The molecular formula is C7H17NS. The van der Waals surface area contributed by atoms with Gasteiger partial charge in [-0.1, -0.05) is 13.8 Å². The summed E-state index contributed by atoms with van der Waals surface area (Å²) in [6.07, 6.45) is 2.34. The van der Waals surface area contributed by atoms with Gasteiger partial charge in [0, 0.05) is 11.8 Å². The SMILES string of the molecule is CC(C)CCC(N)CS. The Bertz CT molecular complexity index is 63.9. The molecule has 0 spiro atoms. The number of hydrogen-bond acceptors (Lipinski definition) is 2. The summed E-state index contributed by atoms with van der Waals surface area (Å²) >= 11 is 4.09. The first-order valence-electron chi connectivity index (χ1n) is 3.53. The Morgan fingerprint density at radius 3 is 2.22 bits per heavy atom. The Morgan fingerprint density at radius 1 is 1.33 bits per heavy atom. The van der Waals surface area contributed by atoms with Crippen molar-refractivity contribution in [3.8, 4) is 0 Å². The lowest BCUT2D eigenvalue weighted by atomic mass is 10.1. The highest BCUT2D eigenvalue weighted by molar-refractivity contribution is 7.80. The fraction of sp³-hybridized carbons (Fsp3) is 1.00. The number of nitrogens with two attached hydrogens (primary N) is 1. The molecule has 0 fully saturated rings. The second-order valence-electron chi connectivity index (χ2n) is 2.91. The largest absolute Gasteiger partial charge is 0.327 e. The van der Waals surface area contributed by atoms with Gasteiger partial charge < -0.3 is 5.73 Å². The van der Waals surface area contributed by atoms with Crippen LogP contribution in [0.3, 0.4) is 0 Å². The van der Waals surface area contributed by atoms with Crippen LogP contribution in [0.2, 0.25) is 0 Å². The minimum atomic E-state index is 0.302. The molecule has 1 nitrogen and oxygen atoms in total. The summed E-state index contributed by atoms with van der Waals surface area (Å²) in [4.78, 5) is 0. The molecule has 1 atom stereocenters. The molecule has 0 saturated heterocycles. The fourth-order valence-electron chi connectivity index (χ4n) is 0.639. The molecule has 0 aliphatic heterocycles. The van der Waals surface area contributed by atoms with Gasteiger partial charge in [0.15, 0.2) is 0 Å². The van der Waals surface area contributed by atoms with E-state index in [0.29, 0.717) is 6.04 Å². The summed E-state index contributed by atoms with van der Waals surface area (Å²) in [5.74, 6) is 1.59. The average Bonchev–Trinajstić information content (AvgIpc) is 1.83. The van der Waals surface area contributed by atoms with Gasteiger partial charge in [0.05, 0.1) is 0 Å². The van der Waals surface area contributed by atoms with Crippen molar-refractivity contribution in [2.45, 2.75) is 32.7 Å². The maximum atomic E-state index is 5.64. The maximum Gasteiger partial charge on any atom is 0.0128 e. The van der Waals surface area contributed by atoms with E-state index in [1.54, 1.807) is 0 Å². The van der Waals surface area contributed by atoms with Crippen LogP contribution in [-0.2, 0) is 0 Å². The average molecular weight is 147 g/mol. The first-order chi connectivity index (χ1) is 4.16. The highest BCUT2D eigenvalue weighted by atomic mass is 32.1. The molecule has 0 bridgehead atoms. The van der Waals surface area contributed by atoms with Gasteiger partial charge in [-0.3, -0.25) is 0 Å². The maximum absolute atomic E-state index is 5.64. The fourth-order valence-corrected chi connectivity index (χ4v) is 0.821. The highest BCUT2D eigenvalue weighted by Crippen LogP contribution is 2.05. The number of hydrogen-bond donors (Lipinski definition) is 2. The quantitative estimate of drug-likeness (QED) is 0.581. The predicted octanol–water partition coefficient (Wildman–Crippen LogP) is 1.68. The van der Waals surface area contributed by atoms with E-state index in [9.17, 15) is 0 Å². The Labute approximate surface area is 63.4 Å². The molecule has 0 aliphatic carbocycles. The van der Waals surface area contributed by atoms with Crippen LogP contribution in [0.25, 0.3) is 0 Å². The molecule has 0 aromatic heterocycles. The summed E-state index contributed by atoms with van der Waals surface area (Å²) in [7, 11) is 0. The molecule has 2 heteroatoms. The van der Waals surface area contributed by atoms with Crippen LogP contribution in [0.1, 0.15) is 26.7 Å². The lowest BCUT2D eigenvalue weighted by molar-refractivity contribution is 0.518. The standard InChI is InChI=1S/C7H17NS/c1-6(2)3-4-7(8)5-9/h6-7,9H,3-5,8H2,1-2H3. The third-order valence-electron chi connectivity index (χ3n) is 1.35. The Morgan fingerprint density at radius 2 is 1.89 bits per heavy atom. The molecular weight excluding hydrogens is 130 g/mol. The minimum Gasteiger partial charge on any atom is -0.327 e. The Kier molecular flexibility index (Phi) is 5.30. The van der Waals surface area contributed by atoms with E-state index in [-0.39, 0.29) is 0 Å². The van der Waals surface area contributed by atoms with Gasteiger partial charge in [-0.15, -0.1) is 0 Å². The molecule has 1 unspecified atom stereocenters. The van der Waals surface area contributed by atoms with Crippen molar-refractivity contribution in [3.63, 3.8) is 0 Å². The van der Waals surface area contributed by atoms with Crippen molar-refractivity contribution in [1.82, 2.24) is 0 Å². The molecule has 0 radical (unpaired) electrons. The third kappa shape index (κ3) is 6.19. The first-order valence-corrected chi connectivity index (χ1v) is 4.16. The van der Waals surface area contributed by atoms with Crippen molar-refractivity contribution < 1.29 is 0 Å². The zero-order valence-electron chi connectivity index (χ0n) is 6.30. The van der Waals surface area contributed by atoms with Crippen molar-refractivity contribution in [1.29, 1.82) is 0 Å². The smallest absolute Gasteiger partial charge is 0.0128 e. The zero-order chi connectivity index (χ0) is 7.28. The summed E-state index contributed by atoms with van der Waals surface area (Å²) < 4.78 is 0. The van der Waals surface area contributed by atoms with Gasteiger partial charge in [-0.05, 0) is 18.8 Å². The lowest BCUT2D eigenvalue weighted by Gasteiger charge is -2.08. The molecule has 0 heterocycles. The van der Waals surface area contributed by atoms with Gasteiger partial charge in [-0.2, -0.15) is 12.6 Å². The molecule has 0 aromatic rings. The molecule has 0 aromatic carbocycles. The van der Waals surface area contributed by atoms with Gasteiger partial charge in [0.25, 0.3) is 0 Å². The first kappa shape index (κ1) is 9.31. The second-order valence-corrected chi connectivity index (χ2v) is 3.28. The summed E-state index contributed by atoms with van der Waals surface area (Å²) in [5, 5.41) is 0. The van der Waals surface area contributed by atoms with Crippen molar-refractivity contribution in [2.24, 2.45) is 11.7 Å². The topological polar surface area (TPSA) is 26.0 Å². The Hall–Kier alpha value is 0.310. The zero-order valence-corrected chi connectivity index (χ0v) is 7.20. The molecule has 9 heavy (non-hydrogen) atoms.